The summed E-state index contributed by atoms with van der Waals surface area (Å²) in [6.07, 6.45) is 0. The van der Waals surface area contributed by atoms with Crippen molar-refractivity contribution < 1.29 is 4.42 Å². The van der Waals surface area contributed by atoms with E-state index in [1.807, 2.05) is 42.5 Å². The minimum atomic E-state index is 0.101. The summed E-state index contributed by atoms with van der Waals surface area (Å²) >= 11 is 0. The second-order valence-electron chi connectivity index (χ2n) is 8.76. The molecule has 8 rings (SSSR count). The summed E-state index contributed by atoms with van der Waals surface area (Å²) in [6.45, 7) is 0. The first-order valence-electron chi connectivity index (χ1n) is 11.4. The maximum absolute atomic E-state index is 8.55. The Balaban J connectivity index is 1.53. The van der Waals surface area contributed by atoms with E-state index in [0.717, 1.165) is 49.5 Å². The largest absolute Gasteiger partial charge is 0.437 e. The van der Waals surface area contributed by atoms with Crippen molar-refractivity contribution in [1.29, 1.82) is 5.41 Å². The third-order valence-corrected chi connectivity index (χ3v) is 6.78. The van der Waals surface area contributed by atoms with Crippen molar-refractivity contribution in [3.8, 4) is 5.69 Å². The fraction of sp³-hybridized carbons (Fsp3) is 0. The molecule has 0 aliphatic rings. The molecule has 0 amide bonds. The minimum Gasteiger partial charge on any atom is -0.437 e. The van der Waals surface area contributed by atoms with Gasteiger partial charge in [-0.2, -0.15) is 4.98 Å². The van der Waals surface area contributed by atoms with Crippen LogP contribution in [0.2, 0.25) is 0 Å². The van der Waals surface area contributed by atoms with E-state index in [-0.39, 0.29) is 5.62 Å². The lowest BCUT2D eigenvalue weighted by molar-refractivity contribution is 0.639. The zero-order chi connectivity index (χ0) is 23.1. The molecule has 35 heavy (non-hydrogen) atoms. The van der Waals surface area contributed by atoms with Crippen LogP contribution in [0.1, 0.15) is 0 Å². The van der Waals surface area contributed by atoms with Gasteiger partial charge in [-0.25, -0.2) is 4.98 Å². The Labute approximate surface area is 197 Å². The van der Waals surface area contributed by atoms with Crippen LogP contribution in [0.3, 0.4) is 0 Å². The summed E-state index contributed by atoms with van der Waals surface area (Å²) in [5.74, 6) is 0. The summed E-state index contributed by atoms with van der Waals surface area (Å²) in [4.78, 5) is 9.30. The van der Waals surface area contributed by atoms with Gasteiger partial charge in [-0.05, 0) is 42.5 Å². The highest BCUT2D eigenvalue weighted by Gasteiger charge is 2.17. The van der Waals surface area contributed by atoms with Crippen LogP contribution < -0.4 is 5.62 Å². The fourth-order valence-electron chi connectivity index (χ4n) is 5.26. The summed E-state index contributed by atoms with van der Waals surface area (Å²) in [5.41, 5.74) is 6.90. The van der Waals surface area contributed by atoms with Crippen LogP contribution in [0.15, 0.2) is 101 Å². The van der Waals surface area contributed by atoms with Gasteiger partial charge in [0.2, 0.25) is 11.3 Å². The normalized spacial score (nSPS) is 12.1. The average molecular weight is 451 g/mol. The van der Waals surface area contributed by atoms with Crippen molar-refractivity contribution in [2.75, 3.05) is 0 Å². The van der Waals surface area contributed by atoms with Gasteiger partial charge in [0, 0.05) is 27.9 Å². The van der Waals surface area contributed by atoms with E-state index in [2.05, 4.69) is 64.1 Å². The van der Waals surface area contributed by atoms with Gasteiger partial charge in [-0.15, -0.1) is 0 Å². The first kappa shape index (κ1) is 18.5. The number of rotatable bonds is 1. The van der Waals surface area contributed by atoms with Gasteiger partial charge < -0.3 is 8.98 Å². The Morgan fingerprint density at radius 3 is 2.29 bits per heavy atom. The van der Waals surface area contributed by atoms with E-state index in [9.17, 15) is 0 Å². The molecule has 4 heterocycles. The number of para-hydroxylation sites is 4. The molecule has 0 aliphatic carbocycles. The predicted molar refractivity (Wildman–Crippen MR) is 138 cm³/mol. The van der Waals surface area contributed by atoms with E-state index >= 15 is 0 Å². The van der Waals surface area contributed by atoms with Gasteiger partial charge in [-0.1, -0.05) is 48.5 Å². The molecule has 6 nitrogen and oxygen atoms in total. The first-order chi connectivity index (χ1) is 17.3. The third-order valence-electron chi connectivity index (χ3n) is 6.78. The summed E-state index contributed by atoms with van der Waals surface area (Å²) in [5, 5.41) is 12.6. The van der Waals surface area contributed by atoms with Gasteiger partial charge in [0.1, 0.15) is 5.58 Å². The molecule has 0 aliphatic heterocycles. The van der Waals surface area contributed by atoms with Gasteiger partial charge in [-0.3, -0.25) is 9.81 Å². The van der Waals surface area contributed by atoms with Gasteiger partial charge >= 0.3 is 0 Å². The molecule has 0 saturated carbocycles. The number of benzene rings is 4. The van der Waals surface area contributed by atoms with Crippen molar-refractivity contribution in [3.63, 3.8) is 0 Å². The summed E-state index contributed by atoms with van der Waals surface area (Å²) in [6, 6.07) is 33.0. The van der Waals surface area contributed by atoms with E-state index in [1.54, 1.807) is 4.40 Å². The topological polar surface area (TPSA) is 72.1 Å². The van der Waals surface area contributed by atoms with Crippen LogP contribution in [0.4, 0.5) is 0 Å². The van der Waals surface area contributed by atoms with Gasteiger partial charge in [0.25, 0.3) is 0 Å². The monoisotopic (exact) mass is 451 g/mol. The molecule has 0 spiro atoms. The van der Waals surface area contributed by atoms with E-state index in [4.69, 9.17) is 14.8 Å². The maximum atomic E-state index is 8.55. The number of aromatic nitrogens is 4. The maximum Gasteiger partial charge on any atom is 0.233 e. The molecular formula is C29H17N5O. The number of imidazole rings is 1. The van der Waals surface area contributed by atoms with Crippen molar-refractivity contribution in [2.45, 2.75) is 0 Å². The molecule has 0 saturated heterocycles. The smallest absolute Gasteiger partial charge is 0.233 e. The second kappa shape index (κ2) is 6.55. The molecule has 0 unspecified atom stereocenters. The molecular weight excluding hydrogens is 434 g/mol. The number of fused-ring (bicyclic) bond motifs is 9. The molecule has 1 N–H and O–H groups in total. The SMILES string of the molecule is N=c1nc2oc3cc4c(cc3cc2c2nc3ccccc3n12)c1ccccc1n4-c1ccccc1. The molecule has 164 valence electrons. The highest BCUT2D eigenvalue weighted by Crippen LogP contribution is 2.36. The van der Waals surface area contributed by atoms with Crippen LogP contribution in [-0.4, -0.2) is 18.9 Å². The zero-order valence-electron chi connectivity index (χ0n) is 18.4. The first-order valence-corrected chi connectivity index (χ1v) is 11.4. The Kier molecular flexibility index (Phi) is 3.45. The molecule has 0 radical (unpaired) electrons. The van der Waals surface area contributed by atoms with E-state index in [1.165, 1.54) is 5.39 Å². The number of nitrogens with zero attached hydrogens (tertiary/aromatic N) is 4. The number of nitrogens with one attached hydrogen (secondary N) is 1. The second-order valence-corrected chi connectivity index (χ2v) is 8.76. The van der Waals surface area contributed by atoms with Crippen molar-refractivity contribution in [1.82, 2.24) is 18.9 Å². The lowest BCUT2D eigenvalue weighted by Crippen LogP contribution is -2.16. The van der Waals surface area contributed by atoms with E-state index in [0.29, 0.717) is 11.4 Å². The molecule has 0 bridgehead atoms. The quantitative estimate of drug-likeness (QED) is 0.295. The van der Waals surface area contributed by atoms with Crippen LogP contribution >= 0.6 is 0 Å². The lowest BCUT2D eigenvalue weighted by atomic mass is 10.1. The molecule has 8 aromatic rings. The van der Waals surface area contributed by atoms with E-state index < -0.39 is 0 Å². The lowest BCUT2D eigenvalue weighted by Gasteiger charge is -2.08. The Hall–Kier alpha value is -4.97. The van der Waals surface area contributed by atoms with Gasteiger partial charge in [0.05, 0.1) is 27.5 Å². The van der Waals surface area contributed by atoms with Crippen molar-refractivity contribution >= 4 is 60.6 Å². The summed E-state index contributed by atoms with van der Waals surface area (Å²) in [7, 11) is 0. The Morgan fingerprint density at radius 2 is 1.40 bits per heavy atom. The molecule has 0 fully saturated rings. The van der Waals surface area contributed by atoms with Crippen LogP contribution in [-0.2, 0) is 0 Å². The third kappa shape index (κ3) is 2.45. The minimum absolute atomic E-state index is 0.101. The Morgan fingerprint density at radius 1 is 0.657 bits per heavy atom. The van der Waals surface area contributed by atoms with Gasteiger partial charge in [0.15, 0.2) is 5.65 Å². The molecule has 4 aromatic carbocycles. The van der Waals surface area contributed by atoms with Crippen LogP contribution in [0.5, 0.6) is 0 Å². The Bertz CT molecular complexity index is 2190. The summed E-state index contributed by atoms with van der Waals surface area (Å²) < 4.78 is 10.4. The number of hydrogen-bond donors (Lipinski definition) is 1. The highest BCUT2D eigenvalue weighted by atomic mass is 16.3. The number of hydrogen-bond acceptors (Lipinski definition) is 4. The molecule has 4 aromatic heterocycles. The van der Waals surface area contributed by atoms with Crippen LogP contribution in [0.25, 0.3) is 66.2 Å². The zero-order valence-corrected chi connectivity index (χ0v) is 18.4. The average Bonchev–Trinajstić information content (AvgIpc) is 3.43. The highest BCUT2D eigenvalue weighted by molar-refractivity contribution is 6.14. The van der Waals surface area contributed by atoms with Crippen LogP contribution in [0, 0.1) is 5.41 Å². The molecule has 0 atom stereocenters. The van der Waals surface area contributed by atoms with Crippen molar-refractivity contribution in [2.24, 2.45) is 0 Å². The fourth-order valence-corrected chi connectivity index (χ4v) is 5.26. The standard InChI is InChI=1S/C29H17N5O/c30-29-32-28-21(27-31-22-11-5-7-13-24(22)34(27)29)15-17-14-20-19-10-4-6-12-23(19)33(18-8-2-1-3-9-18)25(20)16-26(17)35-28/h1-16,30H. The van der Waals surface area contributed by atoms with Crippen molar-refractivity contribution in [3.05, 3.63) is 103 Å². The predicted octanol–water partition coefficient (Wildman–Crippen LogP) is 6.36. The molecule has 6 heteroatoms.